The topological polar surface area (TPSA) is 123 Å². The third-order valence-electron chi connectivity index (χ3n) is 3.61. The molecule has 10 heteroatoms. The number of nitrogens with zero attached hydrogens (tertiary/aromatic N) is 1. The number of hydrogen-bond donors (Lipinski definition) is 2. The van der Waals surface area contributed by atoms with E-state index in [0.717, 1.165) is 12.1 Å². The maximum absolute atomic E-state index is 13.6. The first-order valence-electron chi connectivity index (χ1n) is 7.45. The van der Waals surface area contributed by atoms with Gasteiger partial charge >= 0.3 is 5.97 Å². The number of hydrogen-bond acceptors (Lipinski definition) is 5. The fourth-order valence-corrected chi connectivity index (χ4v) is 2.92. The van der Waals surface area contributed by atoms with Crippen LogP contribution in [0.5, 0.6) is 0 Å². The smallest absolute Gasteiger partial charge is 0.312 e. The third kappa shape index (κ3) is 4.01. The zero-order chi connectivity index (χ0) is 19.8. The molecule has 7 nitrogen and oxygen atoms in total. The summed E-state index contributed by atoms with van der Waals surface area (Å²) in [6.07, 6.45) is -0.522. The number of sulfonamides is 1. The largest absolute Gasteiger partial charge is 0.481 e. The van der Waals surface area contributed by atoms with Gasteiger partial charge in [-0.25, -0.2) is 27.3 Å². The molecular weight excluding hydrogens is 382 g/mol. The van der Waals surface area contributed by atoms with Crippen molar-refractivity contribution in [1.29, 1.82) is 0 Å². The van der Waals surface area contributed by atoms with E-state index in [1.54, 1.807) is 0 Å². The summed E-state index contributed by atoms with van der Waals surface area (Å²) in [5.41, 5.74) is 0.671. The molecular formula is C17H12F2N2O5S. The van der Waals surface area contributed by atoms with Crippen LogP contribution in [0.1, 0.15) is 5.89 Å². The Labute approximate surface area is 152 Å². The first-order valence-corrected chi connectivity index (χ1v) is 9.00. The zero-order valence-electron chi connectivity index (χ0n) is 13.5. The molecule has 0 saturated carbocycles. The van der Waals surface area contributed by atoms with Gasteiger partial charge < -0.3 is 9.52 Å². The van der Waals surface area contributed by atoms with E-state index < -0.39 is 34.0 Å². The molecule has 0 spiro atoms. The first kappa shape index (κ1) is 18.7. The summed E-state index contributed by atoms with van der Waals surface area (Å²) in [5, 5.41) is 14.0. The standard InChI is InChI=1S/C17H12F2N2O5S/c18-12-6-3-10(7-13(12)19)17-16(21-14(26-17)8-15(22)23)9-1-4-11(5-2-9)27(20,24)25/h1-7H,8H2,(H,22,23)(H2,20,24,25). The maximum Gasteiger partial charge on any atom is 0.312 e. The number of carboxylic acids is 1. The SMILES string of the molecule is NS(=O)(=O)c1ccc(-c2nc(CC(=O)O)oc2-c2ccc(F)c(F)c2)cc1. The van der Waals surface area contributed by atoms with Gasteiger partial charge in [0, 0.05) is 11.1 Å². The van der Waals surface area contributed by atoms with Gasteiger partial charge in [-0.1, -0.05) is 12.1 Å². The van der Waals surface area contributed by atoms with Gasteiger partial charge in [0.15, 0.2) is 17.4 Å². The van der Waals surface area contributed by atoms with Gasteiger partial charge in [-0.2, -0.15) is 0 Å². The fourth-order valence-electron chi connectivity index (χ4n) is 2.40. The molecule has 0 aliphatic carbocycles. The summed E-state index contributed by atoms with van der Waals surface area (Å²) in [7, 11) is -3.90. The Balaban J connectivity index is 2.14. The second-order valence-electron chi connectivity index (χ2n) is 5.55. The molecule has 1 aromatic heterocycles. The van der Waals surface area contributed by atoms with Crippen molar-refractivity contribution < 1.29 is 31.5 Å². The van der Waals surface area contributed by atoms with Crippen LogP contribution in [0.25, 0.3) is 22.6 Å². The highest BCUT2D eigenvalue weighted by Gasteiger charge is 2.20. The molecule has 3 N–H and O–H groups in total. The first-order chi connectivity index (χ1) is 12.6. The van der Waals surface area contributed by atoms with Gasteiger partial charge in [0.2, 0.25) is 15.9 Å². The number of primary sulfonamides is 1. The van der Waals surface area contributed by atoms with Crippen molar-refractivity contribution in [2.45, 2.75) is 11.3 Å². The van der Waals surface area contributed by atoms with E-state index in [-0.39, 0.29) is 27.8 Å². The molecule has 27 heavy (non-hydrogen) atoms. The molecule has 3 aromatic rings. The van der Waals surface area contributed by atoms with E-state index >= 15 is 0 Å². The highest BCUT2D eigenvalue weighted by atomic mass is 32.2. The predicted molar refractivity (Wildman–Crippen MR) is 90.0 cm³/mol. The monoisotopic (exact) mass is 394 g/mol. The maximum atomic E-state index is 13.6. The fraction of sp³-hybridized carbons (Fsp3) is 0.0588. The Morgan fingerprint density at radius 1 is 1.07 bits per heavy atom. The van der Waals surface area contributed by atoms with Crippen LogP contribution in [0.2, 0.25) is 0 Å². The molecule has 0 fully saturated rings. The Bertz CT molecular complexity index is 1120. The highest BCUT2D eigenvalue weighted by Crippen LogP contribution is 2.34. The van der Waals surface area contributed by atoms with E-state index in [0.29, 0.717) is 5.56 Å². The van der Waals surface area contributed by atoms with Crippen molar-refractivity contribution in [3.8, 4) is 22.6 Å². The number of oxazole rings is 1. The molecule has 140 valence electrons. The van der Waals surface area contributed by atoms with Gasteiger partial charge in [-0.05, 0) is 30.3 Å². The quantitative estimate of drug-likeness (QED) is 0.685. The molecule has 0 amide bonds. The number of halogens is 2. The van der Waals surface area contributed by atoms with Crippen molar-refractivity contribution in [3.63, 3.8) is 0 Å². The van der Waals surface area contributed by atoms with Gasteiger partial charge in [0.05, 0.1) is 4.90 Å². The summed E-state index contributed by atoms with van der Waals surface area (Å²) in [6.45, 7) is 0. The predicted octanol–water partition coefficient (Wildman–Crippen LogP) is 2.56. The lowest BCUT2D eigenvalue weighted by Gasteiger charge is -2.04. The number of carboxylic acid groups (broad SMARTS) is 1. The van der Waals surface area contributed by atoms with Gasteiger partial charge in [0.1, 0.15) is 12.1 Å². The van der Waals surface area contributed by atoms with Crippen LogP contribution in [-0.2, 0) is 21.2 Å². The van der Waals surface area contributed by atoms with E-state index in [9.17, 15) is 22.0 Å². The summed E-state index contributed by atoms with van der Waals surface area (Å²) in [5.74, 6) is -3.48. The summed E-state index contributed by atoms with van der Waals surface area (Å²) in [4.78, 5) is 14.9. The number of benzene rings is 2. The Morgan fingerprint density at radius 2 is 1.70 bits per heavy atom. The normalized spacial score (nSPS) is 11.5. The number of aromatic nitrogens is 1. The minimum atomic E-state index is -3.90. The Morgan fingerprint density at radius 3 is 2.26 bits per heavy atom. The average Bonchev–Trinajstić information content (AvgIpc) is 2.99. The van der Waals surface area contributed by atoms with Crippen molar-refractivity contribution in [2.24, 2.45) is 5.14 Å². The lowest BCUT2D eigenvalue weighted by molar-refractivity contribution is -0.136. The third-order valence-corrected chi connectivity index (χ3v) is 4.54. The minimum absolute atomic E-state index is 0.0218. The van der Waals surface area contributed by atoms with Crippen molar-refractivity contribution in [2.75, 3.05) is 0 Å². The number of carbonyl (C=O) groups is 1. The Kier molecular flexibility index (Phi) is 4.77. The number of nitrogens with two attached hydrogens (primary N) is 1. The molecule has 0 unspecified atom stereocenters. The average molecular weight is 394 g/mol. The highest BCUT2D eigenvalue weighted by molar-refractivity contribution is 7.89. The molecule has 0 aliphatic heterocycles. The van der Waals surface area contributed by atoms with Crippen molar-refractivity contribution in [1.82, 2.24) is 4.98 Å². The van der Waals surface area contributed by atoms with E-state index in [1.165, 1.54) is 30.3 Å². The van der Waals surface area contributed by atoms with Crippen LogP contribution >= 0.6 is 0 Å². The molecule has 0 bridgehead atoms. The lowest BCUT2D eigenvalue weighted by Crippen LogP contribution is -2.11. The second kappa shape index (κ2) is 6.89. The number of aliphatic carboxylic acids is 1. The van der Waals surface area contributed by atoms with Gasteiger partial charge in [0.25, 0.3) is 0 Å². The van der Waals surface area contributed by atoms with E-state index in [2.05, 4.69) is 4.98 Å². The summed E-state index contributed by atoms with van der Waals surface area (Å²) < 4.78 is 55.0. The van der Waals surface area contributed by atoms with E-state index in [1.807, 2.05) is 0 Å². The van der Waals surface area contributed by atoms with Gasteiger partial charge in [-0.15, -0.1) is 0 Å². The van der Waals surface area contributed by atoms with Gasteiger partial charge in [-0.3, -0.25) is 4.79 Å². The summed E-state index contributed by atoms with van der Waals surface area (Å²) in [6, 6.07) is 8.32. The molecule has 3 rings (SSSR count). The molecule has 0 atom stereocenters. The molecule has 1 heterocycles. The Hall–Kier alpha value is -3.11. The van der Waals surface area contributed by atoms with Crippen LogP contribution in [0.4, 0.5) is 8.78 Å². The molecule has 0 radical (unpaired) electrons. The van der Waals surface area contributed by atoms with Crippen LogP contribution in [0, 0.1) is 11.6 Å². The summed E-state index contributed by atoms with van der Waals surface area (Å²) >= 11 is 0. The van der Waals surface area contributed by atoms with Crippen LogP contribution in [0.15, 0.2) is 51.8 Å². The molecule has 0 saturated heterocycles. The lowest BCUT2D eigenvalue weighted by atomic mass is 10.1. The van der Waals surface area contributed by atoms with E-state index in [4.69, 9.17) is 14.7 Å². The molecule has 2 aromatic carbocycles. The second-order valence-corrected chi connectivity index (χ2v) is 7.12. The minimum Gasteiger partial charge on any atom is -0.481 e. The van der Waals surface area contributed by atoms with Crippen molar-refractivity contribution >= 4 is 16.0 Å². The molecule has 0 aliphatic rings. The van der Waals surface area contributed by atoms with Crippen LogP contribution < -0.4 is 5.14 Å². The van der Waals surface area contributed by atoms with Crippen LogP contribution in [-0.4, -0.2) is 24.5 Å². The zero-order valence-corrected chi connectivity index (χ0v) is 14.3. The van der Waals surface area contributed by atoms with Crippen LogP contribution in [0.3, 0.4) is 0 Å². The number of rotatable bonds is 5. The van der Waals surface area contributed by atoms with Crippen molar-refractivity contribution in [3.05, 3.63) is 60.0 Å².